The van der Waals surface area contributed by atoms with Gasteiger partial charge in [-0.3, -0.25) is 4.90 Å². The van der Waals surface area contributed by atoms with Crippen molar-refractivity contribution in [1.82, 2.24) is 14.3 Å². The maximum Gasteiger partial charge on any atom is 0.136 e. The van der Waals surface area contributed by atoms with Gasteiger partial charge in [0.2, 0.25) is 0 Å². The summed E-state index contributed by atoms with van der Waals surface area (Å²) in [6, 6.07) is 12.4. The summed E-state index contributed by atoms with van der Waals surface area (Å²) < 4.78 is 15.2. The van der Waals surface area contributed by atoms with Crippen molar-refractivity contribution in [2.75, 3.05) is 13.1 Å². The van der Waals surface area contributed by atoms with Gasteiger partial charge in [-0.1, -0.05) is 18.2 Å². The highest BCUT2D eigenvalue weighted by atomic mass is 19.1. The van der Waals surface area contributed by atoms with Crippen LogP contribution in [-0.2, 0) is 6.54 Å². The minimum Gasteiger partial charge on any atom is -0.388 e. The fourth-order valence-corrected chi connectivity index (χ4v) is 3.72. The Morgan fingerprint density at radius 1 is 1.12 bits per heavy atom. The van der Waals surface area contributed by atoms with Gasteiger partial charge in [0.05, 0.1) is 6.10 Å². The third-order valence-corrected chi connectivity index (χ3v) is 5.19. The van der Waals surface area contributed by atoms with E-state index < -0.39 is 6.10 Å². The van der Waals surface area contributed by atoms with Gasteiger partial charge in [0.1, 0.15) is 11.5 Å². The number of hydrogen-bond acceptors (Lipinski definition) is 3. The van der Waals surface area contributed by atoms with Crippen LogP contribution in [0.15, 0.2) is 54.9 Å². The van der Waals surface area contributed by atoms with E-state index >= 15 is 0 Å². The quantitative estimate of drug-likeness (QED) is 0.792. The van der Waals surface area contributed by atoms with Crippen molar-refractivity contribution in [3.05, 3.63) is 71.9 Å². The molecule has 25 heavy (non-hydrogen) atoms. The van der Waals surface area contributed by atoms with Crippen LogP contribution in [0.2, 0.25) is 0 Å². The molecule has 0 bridgehead atoms. The van der Waals surface area contributed by atoms with Gasteiger partial charge in [0, 0.05) is 24.6 Å². The molecule has 0 saturated carbocycles. The average Bonchev–Trinajstić information content (AvgIpc) is 3.12. The Balaban J connectivity index is 1.38. The van der Waals surface area contributed by atoms with E-state index in [-0.39, 0.29) is 11.7 Å². The Labute approximate surface area is 146 Å². The fraction of sp³-hybridized carbons (Fsp3) is 0.350. The van der Waals surface area contributed by atoms with Crippen LogP contribution in [0.1, 0.15) is 30.2 Å². The Hall–Kier alpha value is -2.24. The van der Waals surface area contributed by atoms with E-state index in [4.69, 9.17) is 0 Å². The minimum absolute atomic E-state index is 0.228. The number of benzene rings is 1. The van der Waals surface area contributed by atoms with Crippen LogP contribution in [0.5, 0.6) is 0 Å². The molecule has 2 aromatic heterocycles. The first-order valence-electron chi connectivity index (χ1n) is 8.77. The molecule has 4 nitrogen and oxygen atoms in total. The molecular weight excluding hydrogens is 317 g/mol. The smallest absolute Gasteiger partial charge is 0.136 e. The number of likely N-dealkylation sites (tertiary alicyclic amines) is 1. The first kappa shape index (κ1) is 16.2. The lowest BCUT2D eigenvalue weighted by atomic mass is 9.87. The van der Waals surface area contributed by atoms with Gasteiger partial charge in [0.15, 0.2) is 0 Å². The third-order valence-electron chi connectivity index (χ3n) is 5.19. The number of halogens is 1. The second-order valence-electron chi connectivity index (χ2n) is 6.78. The topological polar surface area (TPSA) is 40.8 Å². The Kier molecular flexibility index (Phi) is 4.51. The summed E-state index contributed by atoms with van der Waals surface area (Å²) in [6.07, 6.45) is 5.19. The van der Waals surface area contributed by atoms with Crippen LogP contribution >= 0.6 is 0 Å². The van der Waals surface area contributed by atoms with Crippen LogP contribution in [-0.4, -0.2) is 32.5 Å². The van der Waals surface area contributed by atoms with Gasteiger partial charge >= 0.3 is 0 Å². The predicted octanol–water partition coefficient (Wildman–Crippen LogP) is 3.42. The van der Waals surface area contributed by atoms with Gasteiger partial charge in [-0.15, -0.1) is 0 Å². The number of fused-ring (bicyclic) bond motifs is 1. The second kappa shape index (κ2) is 6.94. The molecule has 1 fully saturated rings. The molecule has 0 radical (unpaired) electrons. The monoisotopic (exact) mass is 339 g/mol. The maximum absolute atomic E-state index is 13.0. The zero-order valence-electron chi connectivity index (χ0n) is 14.1. The standard InChI is InChI=1S/C20H22FN3O/c21-17-6-4-15(5-7-17)20(25)16-8-11-23(12-9-16)14-18-2-1-3-19-22-10-13-24(18)19/h1-7,10,13,16,20,25H,8-9,11-12,14H2. The number of aromatic nitrogens is 2. The van der Waals surface area contributed by atoms with Gasteiger partial charge in [-0.25, -0.2) is 9.37 Å². The molecule has 1 atom stereocenters. The Morgan fingerprint density at radius 2 is 1.88 bits per heavy atom. The molecule has 1 aromatic carbocycles. The molecule has 1 aliphatic rings. The molecule has 1 N–H and O–H groups in total. The molecule has 3 heterocycles. The van der Waals surface area contributed by atoms with Crippen molar-refractivity contribution >= 4 is 5.65 Å². The van der Waals surface area contributed by atoms with E-state index in [0.717, 1.165) is 43.7 Å². The molecule has 3 aromatic rings. The minimum atomic E-state index is -0.514. The van der Waals surface area contributed by atoms with Crippen LogP contribution < -0.4 is 0 Å². The number of nitrogens with zero attached hydrogens (tertiary/aromatic N) is 3. The van der Waals surface area contributed by atoms with E-state index in [2.05, 4.69) is 20.4 Å². The van der Waals surface area contributed by atoms with Gasteiger partial charge < -0.3 is 9.51 Å². The average molecular weight is 339 g/mol. The lowest BCUT2D eigenvalue weighted by Gasteiger charge is -2.34. The van der Waals surface area contributed by atoms with Crippen molar-refractivity contribution < 1.29 is 9.50 Å². The molecule has 1 unspecified atom stereocenters. The van der Waals surface area contributed by atoms with Crippen LogP contribution in [0, 0.1) is 11.7 Å². The van der Waals surface area contributed by atoms with Crippen LogP contribution in [0.3, 0.4) is 0 Å². The van der Waals surface area contributed by atoms with E-state index in [1.165, 1.54) is 17.8 Å². The zero-order valence-corrected chi connectivity index (χ0v) is 14.1. The summed E-state index contributed by atoms with van der Waals surface area (Å²) in [5.74, 6) is -0.0369. The van der Waals surface area contributed by atoms with Crippen LogP contribution in [0.4, 0.5) is 4.39 Å². The highest BCUT2D eigenvalue weighted by molar-refractivity contribution is 5.39. The third kappa shape index (κ3) is 3.43. The van der Waals surface area contributed by atoms with Crippen molar-refractivity contribution in [2.24, 2.45) is 5.92 Å². The van der Waals surface area contributed by atoms with E-state index in [9.17, 15) is 9.50 Å². The number of aliphatic hydroxyl groups is 1. The molecule has 0 aliphatic carbocycles. The van der Waals surface area contributed by atoms with Crippen LogP contribution in [0.25, 0.3) is 5.65 Å². The number of pyridine rings is 1. The number of hydrogen-bond donors (Lipinski definition) is 1. The van der Waals surface area contributed by atoms with Crippen molar-refractivity contribution in [2.45, 2.75) is 25.5 Å². The lowest BCUT2D eigenvalue weighted by Crippen LogP contribution is -2.35. The Morgan fingerprint density at radius 3 is 2.64 bits per heavy atom. The first-order valence-corrected chi connectivity index (χ1v) is 8.77. The maximum atomic E-state index is 13.0. The molecule has 1 aliphatic heterocycles. The highest BCUT2D eigenvalue weighted by Gasteiger charge is 2.26. The molecule has 130 valence electrons. The fourth-order valence-electron chi connectivity index (χ4n) is 3.72. The Bertz CT molecular complexity index is 838. The van der Waals surface area contributed by atoms with E-state index in [0.29, 0.717) is 0 Å². The number of aliphatic hydroxyl groups excluding tert-OH is 1. The molecule has 0 spiro atoms. The molecule has 1 saturated heterocycles. The van der Waals surface area contributed by atoms with Gasteiger partial charge in [-0.2, -0.15) is 0 Å². The molecule has 5 heteroatoms. The molecule has 0 amide bonds. The normalized spacial score (nSPS) is 17.8. The molecule has 4 rings (SSSR count). The highest BCUT2D eigenvalue weighted by Crippen LogP contribution is 2.31. The first-order chi connectivity index (χ1) is 12.2. The van der Waals surface area contributed by atoms with Crippen molar-refractivity contribution in [1.29, 1.82) is 0 Å². The van der Waals surface area contributed by atoms with Gasteiger partial charge in [0.25, 0.3) is 0 Å². The zero-order chi connectivity index (χ0) is 17.2. The number of rotatable bonds is 4. The SMILES string of the molecule is OC(c1ccc(F)cc1)C1CCN(Cc2cccc3nccn23)CC1. The lowest BCUT2D eigenvalue weighted by molar-refractivity contribution is 0.0563. The van der Waals surface area contributed by atoms with E-state index in [1.54, 1.807) is 12.1 Å². The summed E-state index contributed by atoms with van der Waals surface area (Å²) in [7, 11) is 0. The molecular formula is C20H22FN3O. The largest absolute Gasteiger partial charge is 0.388 e. The van der Waals surface area contributed by atoms with Crippen molar-refractivity contribution in [3.63, 3.8) is 0 Å². The van der Waals surface area contributed by atoms with Gasteiger partial charge in [-0.05, 0) is 61.7 Å². The van der Waals surface area contributed by atoms with Crippen molar-refractivity contribution in [3.8, 4) is 0 Å². The summed E-state index contributed by atoms with van der Waals surface area (Å²) in [5.41, 5.74) is 3.01. The second-order valence-corrected chi connectivity index (χ2v) is 6.78. The summed E-state index contributed by atoms with van der Waals surface area (Å²) >= 11 is 0. The summed E-state index contributed by atoms with van der Waals surface area (Å²) in [5, 5.41) is 10.6. The van der Waals surface area contributed by atoms with E-state index in [1.807, 2.05) is 24.5 Å². The summed E-state index contributed by atoms with van der Waals surface area (Å²) in [6.45, 7) is 2.79. The number of imidazole rings is 1. The summed E-state index contributed by atoms with van der Waals surface area (Å²) in [4.78, 5) is 6.75. The predicted molar refractivity (Wildman–Crippen MR) is 94.6 cm³/mol. The number of piperidine rings is 1.